The van der Waals surface area contributed by atoms with Crippen LogP contribution in [-0.4, -0.2) is 41.8 Å². The van der Waals surface area contributed by atoms with E-state index in [9.17, 15) is 9.90 Å². The fraction of sp³-hybridized carbons (Fsp3) is 0.219. The van der Waals surface area contributed by atoms with Gasteiger partial charge in [-0.15, -0.1) is 0 Å². The lowest BCUT2D eigenvalue weighted by molar-refractivity contribution is 0.1000. The van der Waals surface area contributed by atoms with Crippen LogP contribution in [0.4, 0.5) is 0 Å². The first-order valence-electron chi connectivity index (χ1n) is 13.2. The van der Waals surface area contributed by atoms with Gasteiger partial charge in [-0.05, 0) is 102 Å². The molecule has 0 saturated heterocycles. The van der Waals surface area contributed by atoms with Crippen molar-refractivity contribution >= 4 is 50.3 Å². The number of aromatic nitrogens is 1. The zero-order valence-electron chi connectivity index (χ0n) is 22.2. The number of aliphatic hydroxyl groups excluding tert-OH is 1. The molecule has 5 rings (SSSR count). The highest BCUT2D eigenvalue weighted by atomic mass is 127. The fourth-order valence-electron chi connectivity index (χ4n) is 4.77. The number of H-pyrrole nitrogens is 1. The summed E-state index contributed by atoms with van der Waals surface area (Å²) in [6.45, 7) is 3.62. The number of nitrogens with one attached hydrogen (secondary N) is 2. The number of benzene rings is 4. The summed E-state index contributed by atoms with van der Waals surface area (Å²) >= 11 is 2.27. The summed E-state index contributed by atoms with van der Waals surface area (Å²) < 4.78 is 13.0. The number of nitrogens with two attached hydrogens (primary N) is 1. The molecular weight excluding hydrogens is 617 g/mol. The Bertz CT molecular complexity index is 1620. The van der Waals surface area contributed by atoms with E-state index in [1.165, 1.54) is 5.56 Å². The first-order chi connectivity index (χ1) is 19.4. The zero-order valence-corrected chi connectivity index (χ0v) is 24.4. The summed E-state index contributed by atoms with van der Waals surface area (Å²) in [6.07, 6.45) is 0.272. The van der Waals surface area contributed by atoms with Gasteiger partial charge in [0.15, 0.2) is 0 Å². The first kappa shape index (κ1) is 27.9. The number of aromatic amines is 1. The molecule has 1 aromatic heterocycles. The predicted molar refractivity (Wildman–Crippen MR) is 167 cm³/mol. The first-order valence-corrected chi connectivity index (χ1v) is 14.3. The maximum Gasteiger partial charge on any atom is 0.248 e. The second kappa shape index (κ2) is 12.7. The Morgan fingerprint density at radius 3 is 2.52 bits per heavy atom. The average Bonchev–Trinajstić information content (AvgIpc) is 3.33. The molecule has 8 heteroatoms. The van der Waals surface area contributed by atoms with Crippen LogP contribution >= 0.6 is 22.6 Å². The molecule has 0 radical (unpaired) electrons. The second-order valence-corrected chi connectivity index (χ2v) is 11.2. The molecule has 4 aromatic carbocycles. The van der Waals surface area contributed by atoms with Crippen LogP contribution in [0.15, 0.2) is 84.9 Å². The van der Waals surface area contributed by atoms with Gasteiger partial charge in [0.05, 0.1) is 9.09 Å². The summed E-state index contributed by atoms with van der Waals surface area (Å²) in [7, 11) is 0. The summed E-state index contributed by atoms with van der Waals surface area (Å²) in [5, 5.41) is 16.1. The predicted octanol–water partition coefficient (Wildman–Crippen LogP) is 6.03. The van der Waals surface area contributed by atoms with Crippen molar-refractivity contribution in [2.75, 3.05) is 19.7 Å². The molecule has 0 saturated carbocycles. The summed E-state index contributed by atoms with van der Waals surface area (Å²) in [4.78, 5) is 14.7. The van der Waals surface area contributed by atoms with Crippen molar-refractivity contribution in [3.63, 3.8) is 0 Å². The summed E-state index contributed by atoms with van der Waals surface area (Å²) in [5.41, 5.74) is 9.05. The molecule has 7 nitrogen and oxygen atoms in total. The quantitative estimate of drug-likeness (QED) is 0.124. The highest BCUT2D eigenvalue weighted by molar-refractivity contribution is 14.1. The van der Waals surface area contributed by atoms with Crippen molar-refractivity contribution in [3.8, 4) is 17.2 Å². The van der Waals surface area contributed by atoms with E-state index in [-0.39, 0.29) is 6.61 Å². The van der Waals surface area contributed by atoms with Gasteiger partial charge in [0.2, 0.25) is 5.91 Å². The lowest BCUT2D eigenvalue weighted by Crippen LogP contribution is -2.34. The molecule has 0 bridgehead atoms. The third-order valence-corrected chi connectivity index (χ3v) is 7.59. The Labute approximate surface area is 246 Å². The number of fused-ring (bicyclic) bond motifs is 3. The van der Waals surface area contributed by atoms with Gasteiger partial charge in [-0.1, -0.05) is 37.3 Å². The van der Waals surface area contributed by atoms with Crippen LogP contribution in [0.1, 0.15) is 22.8 Å². The molecule has 1 amide bonds. The van der Waals surface area contributed by atoms with Gasteiger partial charge >= 0.3 is 0 Å². The molecular formula is C32H32IN3O4. The molecule has 5 N–H and O–H groups in total. The Hall–Kier alpha value is -3.60. The van der Waals surface area contributed by atoms with Gasteiger partial charge in [0.25, 0.3) is 0 Å². The van der Waals surface area contributed by atoms with Gasteiger partial charge in [0.1, 0.15) is 30.0 Å². The van der Waals surface area contributed by atoms with E-state index in [2.05, 4.69) is 64.1 Å². The van der Waals surface area contributed by atoms with E-state index >= 15 is 0 Å². The van der Waals surface area contributed by atoms with Gasteiger partial charge in [0, 0.05) is 28.4 Å². The van der Waals surface area contributed by atoms with Crippen LogP contribution in [0.5, 0.6) is 17.2 Å². The van der Waals surface area contributed by atoms with Crippen molar-refractivity contribution in [2.45, 2.75) is 19.4 Å². The summed E-state index contributed by atoms with van der Waals surface area (Å²) in [6, 6.07) is 27.0. The van der Waals surface area contributed by atoms with E-state index in [1.54, 1.807) is 24.3 Å². The number of hydrogen-bond acceptors (Lipinski definition) is 5. The van der Waals surface area contributed by atoms with Gasteiger partial charge in [-0.25, -0.2) is 0 Å². The van der Waals surface area contributed by atoms with Crippen molar-refractivity contribution in [3.05, 3.63) is 99.6 Å². The largest absolute Gasteiger partial charge is 0.490 e. The van der Waals surface area contributed by atoms with Gasteiger partial charge < -0.3 is 30.6 Å². The van der Waals surface area contributed by atoms with E-state index < -0.39 is 12.0 Å². The van der Waals surface area contributed by atoms with Crippen LogP contribution in [0.2, 0.25) is 0 Å². The average molecular weight is 650 g/mol. The minimum absolute atomic E-state index is 0.213. The number of aliphatic hydroxyl groups is 1. The monoisotopic (exact) mass is 649 g/mol. The maximum absolute atomic E-state index is 11.3. The highest BCUT2D eigenvalue weighted by Crippen LogP contribution is 2.33. The molecule has 2 atom stereocenters. The van der Waals surface area contributed by atoms with Gasteiger partial charge in [-0.2, -0.15) is 0 Å². The van der Waals surface area contributed by atoms with Crippen LogP contribution < -0.4 is 20.5 Å². The molecule has 206 valence electrons. The number of ether oxygens (including phenoxy) is 2. The number of carbonyl (C=O) groups is 1. The SMILES string of the molecule is CC(CNCC(O)COc1cccc2[nH]c3ccccc3c12)Cc1ccc(Oc2ccc(C(N)=O)cc2)c(I)c1. The van der Waals surface area contributed by atoms with Crippen LogP contribution in [0.3, 0.4) is 0 Å². The van der Waals surface area contributed by atoms with E-state index in [0.29, 0.717) is 23.8 Å². The smallest absolute Gasteiger partial charge is 0.248 e. The molecule has 2 unspecified atom stereocenters. The van der Waals surface area contributed by atoms with Crippen molar-refractivity contribution in [1.29, 1.82) is 0 Å². The molecule has 0 aliphatic heterocycles. The molecule has 0 fully saturated rings. The van der Waals surface area contributed by atoms with E-state index in [0.717, 1.165) is 49.8 Å². The van der Waals surface area contributed by atoms with Crippen LogP contribution in [0.25, 0.3) is 21.8 Å². The minimum atomic E-state index is -0.623. The third-order valence-electron chi connectivity index (χ3n) is 6.74. The Balaban J connectivity index is 1.08. The van der Waals surface area contributed by atoms with Crippen molar-refractivity contribution < 1.29 is 19.4 Å². The lowest BCUT2D eigenvalue weighted by Gasteiger charge is -2.17. The van der Waals surface area contributed by atoms with Crippen molar-refractivity contribution in [2.24, 2.45) is 11.7 Å². The van der Waals surface area contributed by atoms with Crippen LogP contribution in [0, 0.1) is 9.49 Å². The standard InChI is InChI=1S/C32H32IN3O4/c1-20(15-21-9-14-29(26(33)16-21)40-24-12-10-22(11-13-24)32(34)38)17-35-18-23(37)19-39-30-8-4-7-28-31(30)25-5-2-3-6-27(25)36-28/h2-14,16,20,23,35-37H,15,17-19H2,1H3,(H2,34,38). The zero-order chi connectivity index (χ0) is 28.1. The third kappa shape index (κ3) is 6.75. The topological polar surface area (TPSA) is 110 Å². The van der Waals surface area contributed by atoms with Crippen LogP contribution in [-0.2, 0) is 6.42 Å². The normalized spacial score (nSPS) is 12.9. The Kier molecular flexibility index (Phi) is 8.88. The van der Waals surface area contributed by atoms with E-state index in [4.69, 9.17) is 15.2 Å². The highest BCUT2D eigenvalue weighted by Gasteiger charge is 2.13. The number of carbonyl (C=O) groups excluding carboxylic acids is 1. The molecule has 5 aromatic rings. The number of rotatable bonds is 12. The lowest BCUT2D eigenvalue weighted by atomic mass is 10.0. The second-order valence-electron chi connectivity index (χ2n) is 10.0. The van der Waals surface area contributed by atoms with Crippen molar-refractivity contribution in [1.82, 2.24) is 10.3 Å². The molecule has 1 heterocycles. The number of halogens is 1. The molecule has 0 spiro atoms. The number of amides is 1. The molecule has 0 aliphatic carbocycles. The number of primary amides is 1. The van der Waals surface area contributed by atoms with Gasteiger partial charge in [-0.3, -0.25) is 4.79 Å². The summed E-state index contributed by atoms with van der Waals surface area (Å²) in [5.74, 6) is 2.09. The Morgan fingerprint density at radius 1 is 0.975 bits per heavy atom. The number of hydrogen-bond donors (Lipinski definition) is 4. The number of para-hydroxylation sites is 1. The minimum Gasteiger partial charge on any atom is -0.490 e. The molecule has 40 heavy (non-hydrogen) atoms. The maximum atomic E-state index is 11.3. The Morgan fingerprint density at radius 2 is 1.75 bits per heavy atom. The molecule has 0 aliphatic rings. The van der Waals surface area contributed by atoms with E-state index in [1.807, 2.05) is 36.4 Å². The fourth-order valence-corrected chi connectivity index (χ4v) is 5.46.